The quantitative estimate of drug-likeness (QED) is 0.436. The van der Waals surface area contributed by atoms with E-state index < -0.39 is 0 Å². The van der Waals surface area contributed by atoms with Crippen LogP contribution >= 0.6 is 11.8 Å². The van der Waals surface area contributed by atoms with Gasteiger partial charge in [-0.25, -0.2) is 0 Å². The molecule has 4 rings (SSSR count). The first-order valence-electron chi connectivity index (χ1n) is 9.18. The number of carbonyl (C=O) groups is 1. The molecular weight excluding hydrogens is 402 g/mol. The lowest BCUT2D eigenvalue weighted by atomic mass is 10.2. The van der Waals surface area contributed by atoms with Crippen LogP contribution in [0.3, 0.4) is 0 Å². The number of carbonyl (C=O) groups excluding carboxylic acids is 1. The number of amides is 1. The van der Waals surface area contributed by atoms with E-state index >= 15 is 0 Å². The fraction of sp³-hybridized carbons (Fsp3) is 0.143. The Balaban J connectivity index is 1.60. The van der Waals surface area contributed by atoms with Crippen molar-refractivity contribution in [2.24, 2.45) is 0 Å². The summed E-state index contributed by atoms with van der Waals surface area (Å²) in [5.41, 5.74) is 1.44. The van der Waals surface area contributed by atoms with Crippen molar-refractivity contribution >= 4 is 17.7 Å². The van der Waals surface area contributed by atoms with E-state index in [0.29, 0.717) is 34.7 Å². The van der Waals surface area contributed by atoms with Gasteiger partial charge in [-0.2, -0.15) is 0 Å². The molecule has 0 aliphatic rings. The molecule has 3 heterocycles. The van der Waals surface area contributed by atoms with Crippen LogP contribution in [0.4, 0.5) is 0 Å². The number of rotatable bonds is 8. The fourth-order valence-corrected chi connectivity index (χ4v) is 3.61. The zero-order valence-electron chi connectivity index (χ0n) is 16.2. The third-order valence-electron chi connectivity index (χ3n) is 4.23. The molecule has 0 unspecified atom stereocenters. The van der Waals surface area contributed by atoms with E-state index in [9.17, 15) is 4.79 Å². The van der Waals surface area contributed by atoms with E-state index in [4.69, 9.17) is 9.15 Å². The van der Waals surface area contributed by atoms with Gasteiger partial charge < -0.3 is 14.5 Å². The number of hydrogen-bond donors (Lipinski definition) is 1. The van der Waals surface area contributed by atoms with E-state index in [-0.39, 0.29) is 11.7 Å². The van der Waals surface area contributed by atoms with E-state index in [1.807, 2.05) is 53.1 Å². The smallest absolute Gasteiger partial charge is 0.230 e. The molecule has 0 bridgehead atoms. The van der Waals surface area contributed by atoms with Crippen LogP contribution in [0.15, 0.2) is 76.6 Å². The second kappa shape index (κ2) is 9.27. The fourth-order valence-electron chi connectivity index (χ4n) is 2.84. The van der Waals surface area contributed by atoms with Crippen LogP contribution in [-0.2, 0) is 11.3 Å². The van der Waals surface area contributed by atoms with E-state index in [2.05, 4.69) is 20.5 Å². The van der Waals surface area contributed by atoms with Crippen molar-refractivity contribution in [2.45, 2.75) is 11.7 Å². The molecule has 0 saturated heterocycles. The van der Waals surface area contributed by atoms with Crippen LogP contribution < -0.4 is 10.1 Å². The molecule has 30 heavy (non-hydrogen) atoms. The second-order valence-corrected chi connectivity index (χ2v) is 7.12. The van der Waals surface area contributed by atoms with Crippen molar-refractivity contribution in [2.75, 3.05) is 12.9 Å². The third-order valence-corrected chi connectivity index (χ3v) is 5.15. The van der Waals surface area contributed by atoms with Gasteiger partial charge in [-0.1, -0.05) is 30.0 Å². The summed E-state index contributed by atoms with van der Waals surface area (Å²) in [7, 11) is 1.61. The monoisotopic (exact) mass is 421 g/mol. The van der Waals surface area contributed by atoms with E-state index in [1.165, 1.54) is 11.8 Å². The Morgan fingerprint density at radius 2 is 2.00 bits per heavy atom. The number of nitrogens with zero attached hydrogens (tertiary/aromatic N) is 4. The predicted molar refractivity (Wildman–Crippen MR) is 112 cm³/mol. The minimum atomic E-state index is -0.134. The molecule has 1 N–H and O–H groups in total. The Labute approximate surface area is 177 Å². The zero-order valence-corrected chi connectivity index (χ0v) is 17.0. The molecule has 9 heteroatoms. The first-order valence-corrected chi connectivity index (χ1v) is 10.2. The Bertz CT molecular complexity index is 1110. The van der Waals surface area contributed by atoms with Gasteiger partial charge in [0.25, 0.3) is 0 Å². The topological polar surface area (TPSA) is 95.1 Å². The first kappa shape index (κ1) is 19.7. The SMILES string of the molecule is COc1ccccc1-n1c(SCC(=O)NCc2ccco2)nnc1-c1ccccn1. The Kier molecular flexibility index (Phi) is 6.09. The molecular formula is C21H19N5O3S. The molecule has 3 aromatic heterocycles. The van der Waals surface area contributed by atoms with Crippen molar-refractivity contribution in [3.8, 4) is 23.0 Å². The summed E-state index contributed by atoms with van der Waals surface area (Å²) in [6.07, 6.45) is 3.27. The molecule has 1 aromatic carbocycles. The molecule has 0 radical (unpaired) electrons. The van der Waals surface area contributed by atoms with Crippen molar-refractivity contribution in [3.63, 3.8) is 0 Å². The normalized spacial score (nSPS) is 10.7. The van der Waals surface area contributed by atoms with Gasteiger partial charge in [-0.3, -0.25) is 14.3 Å². The molecule has 0 saturated carbocycles. The maximum Gasteiger partial charge on any atom is 0.230 e. The Morgan fingerprint density at radius 3 is 2.77 bits per heavy atom. The molecule has 0 spiro atoms. The Morgan fingerprint density at radius 1 is 1.13 bits per heavy atom. The molecule has 0 aliphatic heterocycles. The molecule has 0 aliphatic carbocycles. The minimum absolute atomic E-state index is 0.134. The number of hydrogen-bond acceptors (Lipinski definition) is 7. The molecule has 0 atom stereocenters. The summed E-state index contributed by atoms with van der Waals surface area (Å²) in [5.74, 6) is 1.97. The molecule has 1 amide bonds. The van der Waals surface area contributed by atoms with Gasteiger partial charge in [0.05, 0.1) is 31.4 Å². The van der Waals surface area contributed by atoms with Crippen molar-refractivity contribution < 1.29 is 13.9 Å². The van der Waals surface area contributed by atoms with Gasteiger partial charge in [-0.05, 0) is 36.4 Å². The lowest BCUT2D eigenvalue weighted by Crippen LogP contribution is -2.24. The van der Waals surface area contributed by atoms with Crippen molar-refractivity contribution in [3.05, 3.63) is 72.8 Å². The van der Waals surface area contributed by atoms with Crippen LogP contribution in [0, 0.1) is 0 Å². The number of thioether (sulfide) groups is 1. The highest BCUT2D eigenvalue weighted by Gasteiger charge is 2.20. The number of benzene rings is 1. The summed E-state index contributed by atoms with van der Waals surface area (Å²) in [5, 5.41) is 12.0. The summed E-state index contributed by atoms with van der Waals surface area (Å²) in [4.78, 5) is 16.7. The number of para-hydroxylation sites is 2. The highest BCUT2D eigenvalue weighted by molar-refractivity contribution is 7.99. The number of methoxy groups -OCH3 is 1. The zero-order chi connectivity index (χ0) is 20.8. The molecule has 152 valence electrons. The average Bonchev–Trinajstić information content (AvgIpc) is 3.46. The predicted octanol–water partition coefficient (Wildman–Crippen LogP) is 3.34. The number of nitrogens with one attached hydrogen (secondary N) is 1. The standard InChI is InChI=1S/C21H19N5O3S/c1-28-18-10-3-2-9-17(18)26-20(16-8-4-5-11-22-16)24-25-21(26)30-14-19(27)23-13-15-7-6-12-29-15/h2-12H,13-14H2,1H3,(H,23,27). The van der Waals surface area contributed by atoms with Gasteiger partial charge in [0, 0.05) is 6.20 Å². The minimum Gasteiger partial charge on any atom is -0.495 e. The molecule has 0 fully saturated rings. The van der Waals surface area contributed by atoms with Crippen LogP contribution in [0.5, 0.6) is 5.75 Å². The summed E-state index contributed by atoms with van der Waals surface area (Å²) < 4.78 is 12.6. The van der Waals surface area contributed by atoms with E-state index in [0.717, 1.165) is 5.69 Å². The van der Waals surface area contributed by atoms with Gasteiger partial charge in [0.2, 0.25) is 5.91 Å². The number of furan rings is 1. The van der Waals surface area contributed by atoms with Gasteiger partial charge in [0.1, 0.15) is 17.2 Å². The number of pyridine rings is 1. The lowest BCUT2D eigenvalue weighted by Gasteiger charge is -2.13. The van der Waals surface area contributed by atoms with Gasteiger partial charge >= 0.3 is 0 Å². The molecule has 8 nitrogen and oxygen atoms in total. The van der Waals surface area contributed by atoms with Crippen molar-refractivity contribution in [1.82, 2.24) is 25.1 Å². The lowest BCUT2D eigenvalue weighted by molar-refractivity contribution is -0.118. The summed E-state index contributed by atoms with van der Waals surface area (Å²) in [6.45, 7) is 0.338. The number of ether oxygens (including phenoxy) is 1. The molecule has 4 aromatic rings. The summed E-state index contributed by atoms with van der Waals surface area (Å²) >= 11 is 1.29. The Hall–Kier alpha value is -3.59. The van der Waals surface area contributed by atoms with Crippen LogP contribution in [0.2, 0.25) is 0 Å². The van der Waals surface area contributed by atoms with Crippen LogP contribution in [0.1, 0.15) is 5.76 Å². The highest BCUT2D eigenvalue weighted by atomic mass is 32.2. The van der Waals surface area contributed by atoms with Crippen molar-refractivity contribution in [1.29, 1.82) is 0 Å². The van der Waals surface area contributed by atoms with E-state index in [1.54, 1.807) is 25.6 Å². The van der Waals surface area contributed by atoms with Crippen LogP contribution in [0.25, 0.3) is 17.2 Å². The number of aromatic nitrogens is 4. The maximum atomic E-state index is 12.3. The van der Waals surface area contributed by atoms with Gasteiger partial charge in [0.15, 0.2) is 11.0 Å². The largest absolute Gasteiger partial charge is 0.495 e. The van der Waals surface area contributed by atoms with Gasteiger partial charge in [-0.15, -0.1) is 10.2 Å². The highest BCUT2D eigenvalue weighted by Crippen LogP contribution is 2.31. The average molecular weight is 421 g/mol. The third kappa shape index (κ3) is 4.36. The maximum absolute atomic E-state index is 12.3. The van der Waals surface area contributed by atoms with Crippen LogP contribution in [-0.4, -0.2) is 38.5 Å². The second-order valence-electron chi connectivity index (χ2n) is 6.17. The first-order chi connectivity index (χ1) is 14.8. The summed E-state index contributed by atoms with van der Waals surface area (Å²) in [6, 6.07) is 16.8.